The minimum absolute atomic E-state index is 0.321. The second-order valence-corrected chi connectivity index (χ2v) is 4.26. The minimum atomic E-state index is -0.658. The summed E-state index contributed by atoms with van der Waals surface area (Å²) in [6, 6.07) is 0. The van der Waals surface area contributed by atoms with Gasteiger partial charge in [0.2, 0.25) is 5.91 Å². The molecular weight excluding hydrogens is 204 g/mol. The maximum Gasteiger partial charge on any atom is 0.237 e. The molecule has 1 unspecified atom stereocenters. The van der Waals surface area contributed by atoms with Crippen LogP contribution in [0.1, 0.15) is 25.8 Å². The summed E-state index contributed by atoms with van der Waals surface area (Å²) < 4.78 is 1.83. The van der Waals surface area contributed by atoms with Gasteiger partial charge in [0.15, 0.2) is 0 Å². The van der Waals surface area contributed by atoms with Crippen molar-refractivity contribution in [2.45, 2.75) is 39.3 Å². The topological polar surface area (TPSA) is 72.9 Å². The van der Waals surface area contributed by atoms with Gasteiger partial charge in [-0.05, 0) is 32.4 Å². The number of rotatable bonds is 6. The van der Waals surface area contributed by atoms with Crippen molar-refractivity contribution in [3.05, 3.63) is 18.0 Å². The summed E-state index contributed by atoms with van der Waals surface area (Å²) in [5.74, 6) is -0.321. The van der Waals surface area contributed by atoms with Gasteiger partial charge in [-0.25, -0.2) is 0 Å². The number of carbonyl (C=O) groups is 1. The molecule has 1 aromatic heterocycles. The number of hydrogen-bond donors (Lipinski definition) is 2. The Morgan fingerprint density at radius 1 is 1.69 bits per heavy atom. The first-order chi connectivity index (χ1) is 7.48. The summed E-state index contributed by atoms with van der Waals surface area (Å²) >= 11 is 0. The first kappa shape index (κ1) is 12.7. The highest BCUT2D eigenvalue weighted by molar-refractivity contribution is 5.84. The summed E-state index contributed by atoms with van der Waals surface area (Å²) in [5, 5.41) is 7.29. The highest BCUT2D eigenvalue weighted by Gasteiger charge is 2.29. The second kappa shape index (κ2) is 5.12. The zero-order chi connectivity index (χ0) is 12.2. The number of nitrogens with two attached hydrogens (primary N) is 1. The number of primary amides is 1. The Hall–Kier alpha value is -1.36. The Kier molecular flexibility index (Phi) is 4.06. The van der Waals surface area contributed by atoms with E-state index in [4.69, 9.17) is 5.73 Å². The highest BCUT2D eigenvalue weighted by Crippen LogP contribution is 2.10. The summed E-state index contributed by atoms with van der Waals surface area (Å²) in [5.41, 5.74) is 5.85. The molecule has 90 valence electrons. The maximum atomic E-state index is 11.4. The van der Waals surface area contributed by atoms with Crippen LogP contribution in [0.15, 0.2) is 12.4 Å². The van der Waals surface area contributed by atoms with E-state index >= 15 is 0 Å². The lowest BCUT2D eigenvalue weighted by atomic mass is 9.97. The normalized spacial score (nSPS) is 14.7. The molecule has 0 aliphatic carbocycles. The predicted molar refractivity (Wildman–Crippen MR) is 62.9 cm³/mol. The van der Waals surface area contributed by atoms with Crippen molar-refractivity contribution in [2.75, 3.05) is 6.54 Å². The van der Waals surface area contributed by atoms with E-state index < -0.39 is 5.54 Å². The maximum absolute atomic E-state index is 11.4. The van der Waals surface area contributed by atoms with Gasteiger partial charge in [-0.3, -0.25) is 9.48 Å². The molecule has 0 aliphatic heterocycles. The van der Waals surface area contributed by atoms with Crippen molar-refractivity contribution in [3.8, 4) is 0 Å². The van der Waals surface area contributed by atoms with E-state index in [-0.39, 0.29) is 5.91 Å². The number of likely N-dealkylation sites (N-methyl/N-ethyl adjacent to an activating group) is 1. The third-order valence-corrected chi connectivity index (χ3v) is 2.71. The minimum Gasteiger partial charge on any atom is -0.368 e. The fraction of sp³-hybridized carbons (Fsp3) is 0.636. The summed E-state index contributed by atoms with van der Waals surface area (Å²) in [6.07, 6.45) is 4.39. The van der Waals surface area contributed by atoms with Crippen LogP contribution in [0.2, 0.25) is 0 Å². The summed E-state index contributed by atoms with van der Waals surface area (Å²) in [6.45, 7) is 7.17. The molecule has 0 aromatic carbocycles. The molecule has 1 heterocycles. The van der Waals surface area contributed by atoms with Crippen LogP contribution in [-0.2, 0) is 11.3 Å². The first-order valence-corrected chi connectivity index (χ1v) is 5.52. The molecule has 0 radical (unpaired) electrons. The molecule has 1 aromatic rings. The summed E-state index contributed by atoms with van der Waals surface area (Å²) in [7, 11) is 0. The van der Waals surface area contributed by atoms with Gasteiger partial charge in [-0.1, -0.05) is 6.92 Å². The Morgan fingerprint density at radius 3 is 2.81 bits per heavy atom. The van der Waals surface area contributed by atoms with Gasteiger partial charge in [-0.2, -0.15) is 5.10 Å². The van der Waals surface area contributed by atoms with Gasteiger partial charge in [0.1, 0.15) is 0 Å². The van der Waals surface area contributed by atoms with E-state index in [9.17, 15) is 4.79 Å². The van der Waals surface area contributed by atoms with Gasteiger partial charge >= 0.3 is 0 Å². The van der Waals surface area contributed by atoms with E-state index in [0.717, 1.165) is 12.1 Å². The Morgan fingerprint density at radius 2 is 2.38 bits per heavy atom. The predicted octanol–water partition coefficient (Wildman–Crippen LogP) is 0.435. The monoisotopic (exact) mass is 224 g/mol. The fourth-order valence-electron chi connectivity index (χ4n) is 1.62. The molecule has 0 bridgehead atoms. The average Bonchev–Trinajstić information content (AvgIpc) is 2.61. The SMILES string of the molecule is CCNC(C)(CCn1cc(C)cn1)C(N)=O. The van der Waals surface area contributed by atoms with Crippen LogP contribution in [0.25, 0.3) is 0 Å². The lowest BCUT2D eigenvalue weighted by Gasteiger charge is -2.26. The molecule has 16 heavy (non-hydrogen) atoms. The van der Waals surface area contributed by atoms with Crippen molar-refractivity contribution in [3.63, 3.8) is 0 Å². The molecule has 5 heteroatoms. The number of aromatic nitrogens is 2. The first-order valence-electron chi connectivity index (χ1n) is 5.52. The number of carbonyl (C=O) groups excluding carboxylic acids is 1. The zero-order valence-corrected chi connectivity index (χ0v) is 10.2. The molecule has 1 atom stereocenters. The lowest BCUT2D eigenvalue weighted by Crippen LogP contribution is -2.53. The van der Waals surface area contributed by atoms with Crippen molar-refractivity contribution in [1.29, 1.82) is 0 Å². The fourth-order valence-corrected chi connectivity index (χ4v) is 1.62. The summed E-state index contributed by atoms with van der Waals surface area (Å²) in [4.78, 5) is 11.4. The third-order valence-electron chi connectivity index (χ3n) is 2.71. The third kappa shape index (κ3) is 3.06. The van der Waals surface area contributed by atoms with Crippen LogP contribution < -0.4 is 11.1 Å². The van der Waals surface area contributed by atoms with Crippen LogP contribution >= 0.6 is 0 Å². The number of aryl methyl sites for hydroxylation is 2. The van der Waals surface area contributed by atoms with E-state index in [0.29, 0.717) is 13.0 Å². The van der Waals surface area contributed by atoms with E-state index in [1.165, 1.54) is 0 Å². The van der Waals surface area contributed by atoms with Gasteiger partial charge in [0, 0.05) is 12.7 Å². The molecule has 0 fully saturated rings. The zero-order valence-electron chi connectivity index (χ0n) is 10.2. The number of amides is 1. The van der Waals surface area contributed by atoms with E-state index in [2.05, 4.69) is 10.4 Å². The molecular formula is C11H20N4O. The van der Waals surface area contributed by atoms with Crippen LogP contribution in [-0.4, -0.2) is 27.8 Å². The van der Waals surface area contributed by atoms with Crippen molar-refractivity contribution < 1.29 is 4.79 Å². The molecule has 0 spiro atoms. The Bertz CT molecular complexity index is 361. The van der Waals surface area contributed by atoms with Gasteiger partial charge in [-0.15, -0.1) is 0 Å². The van der Waals surface area contributed by atoms with Crippen LogP contribution in [0.3, 0.4) is 0 Å². The van der Waals surface area contributed by atoms with Gasteiger partial charge in [0.25, 0.3) is 0 Å². The second-order valence-electron chi connectivity index (χ2n) is 4.26. The highest BCUT2D eigenvalue weighted by atomic mass is 16.1. The van der Waals surface area contributed by atoms with Crippen LogP contribution in [0.5, 0.6) is 0 Å². The Balaban J connectivity index is 2.60. The molecule has 1 rings (SSSR count). The number of nitrogens with one attached hydrogen (secondary N) is 1. The standard InChI is InChI=1S/C11H20N4O/c1-4-13-11(3,10(12)16)5-6-15-8-9(2)7-14-15/h7-8,13H,4-6H2,1-3H3,(H2,12,16). The van der Waals surface area contributed by atoms with Crippen molar-refractivity contribution >= 4 is 5.91 Å². The quantitative estimate of drug-likeness (QED) is 0.736. The smallest absolute Gasteiger partial charge is 0.237 e. The lowest BCUT2D eigenvalue weighted by molar-refractivity contribution is -0.124. The van der Waals surface area contributed by atoms with Gasteiger partial charge < -0.3 is 11.1 Å². The van der Waals surface area contributed by atoms with E-state index in [1.807, 2.05) is 31.6 Å². The number of hydrogen-bond acceptors (Lipinski definition) is 3. The van der Waals surface area contributed by atoms with Crippen LogP contribution in [0, 0.1) is 6.92 Å². The molecule has 5 nitrogen and oxygen atoms in total. The molecule has 0 saturated carbocycles. The molecule has 0 saturated heterocycles. The molecule has 3 N–H and O–H groups in total. The Labute approximate surface area is 96.0 Å². The average molecular weight is 224 g/mol. The molecule has 1 amide bonds. The van der Waals surface area contributed by atoms with Crippen molar-refractivity contribution in [2.24, 2.45) is 5.73 Å². The number of nitrogens with zero attached hydrogens (tertiary/aromatic N) is 2. The van der Waals surface area contributed by atoms with Crippen LogP contribution in [0.4, 0.5) is 0 Å². The van der Waals surface area contributed by atoms with Gasteiger partial charge in [0.05, 0.1) is 11.7 Å². The van der Waals surface area contributed by atoms with Crippen molar-refractivity contribution in [1.82, 2.24) is 15.1 Å². The van der Waals surface area contributed by atoms with E-state index in [1.54, 1.807) is 6.20 Å². The molecule has 0 aliphatic rings. The largest absolute Gasteiger partial charge is 0.368 e.